The first-order valence-electron chi connectivity index (χ1n) is 5.26. The summed E-state index contributed by atoms with van der Waals surface area (Å²) in [6.07, 6.45) is 4.61. The van der Waals surface area contributed by atoms with Gasteiger partial charge in [0.25, 0.3) is 0 Å². The topological polar surface area (TPSA) is 51.5 Å². The Hall–Kier alpha value is -1.91. The molecule has 6 heteroatoms. The molecule has 1 aromatic carbocycles. The van der Waals surface area contributed by atoms with Crippen molar-refractivity contribution in [1.82, 2.24) is 4.98 Å². The molecule has 0 amide bonds. The van der Waals surface area contributed by atoms with Crippen molar-refractivity contribution in [1.29, 1.82) is 0 Å². The number of halogens is 2. The molecule has 0 saturated heterocycles. The number of carbonyl (C=O) groups is 1. The SMILES string of the molecule is O=C(O/N=C/c1cccnc1)c1ccc(Cl)cc1Cl. The smallest absolute Gasteiger partial charge is 0.313 e. The Kier molecular flexibility index (Phi) is 4.49. The summed E-state index contributed by atoms with van der Waals surface area (Å²) >= 11 is 11.6. The molecule has 0 bridgehead atoms. The lowest BCUT2D eigenvalue weighted by Crippen LogP contribution is -2.02. The third-order valence-corrected chi connectivity index (χ3v) is 2.72. The van der Waals surface area contributed by atoms with E-state index in [1.807, 2.05) is 0 Å². The second-order valence-electron chi connectivity index (χ2n) is 3.52. The summed E-state index contributed by atoms with van der Waals surface area (Å²) in [5.74, 6) is -0.651. The molecule has 1 aromatic heterocycles. The van der Waals surface area contributed by atoms with Crippen LogP contribution in [-0.4, -0.2) is 17.2 Å². The van der Waals surface area contributed by atoms with Crippen LogP contribution in [0.5, 0.6) is 0 Å². The normalized spacial score (nSPS) is 10.6. The van der Waals surface area contributed by atoms with Gasteiger partial charge in [-0.25, -0.2) is 4.79 Å². The minimum absolute atomic E-state index is 0.203. The highest BCUT2D eigenvalue weighted by Gasteiger charge is 2.11. The van der Waals surface area contributed by atoms with E-state index in [2.05, 4.69) is 10.1 Å². The van der Waals surface area contributed by atoms with E-state index in [9.17, 15) is 4.79 Å². The molecule has 2 aromatic rings. The zero-order chi connectivity index (χ0) is 13.7. The highest BCUT2D eigenvalue weighted by molar-refractivity contribution is 6.36. The second-order valence-corrected chi connectivity index (χ2v) is 4.37. The van der Waals surface area contributed by atoms with Gasteiger partial charge in [0.1, 0.15) is 0 Å². The first-order valence-corrected chi connectivity index (χ1v) is 6.02. The number of aromatic nitrogens is 1. The quantitative estimate of drug-likeness (QED) is 0.494. The van der Waals surface area contributed by atoms with E-state index in [0.29, 0.717) is 5.02 Å². The van der Waals surface area contributed by atoms with Crippen LogP contribution in [0.25, 0.3) is 0 Å². The fraction of sp³-hybridized carbons (Fsp3) is 0. The van der Waals surface area contributed by atoms with Crippen molar-refractivity contribution in [3.8, 4) is 0 Å². The maximum absolute atomic E-state index is 11.7. The Morgan fingerprint density at radius 2 is 2.16 bits per heavy atom. The maximum atomic E-state index is 11.7. The zero-order valence-corrected chi connectivity index (χ0v) is 11.1. The Morgan fingerprint density at radius 1 is 1.32 bits per heavy atom. The average molecular weight is 295 g/mol. The van der Waals surface area contributed by atoms with Gasteiger partial charge in [-0.15, -0.1) is 0 Å². The number of carbonyl (C=O) groups excluding carboxylic acids is 1. The molecule has 0 aliphatic heterocycles. The van der Waals surface area contributed by atoms with Crippen LogP contribution in [0.2, 0.25) is 10.0 Å². The third kappa shape index (κ3) is 3.77. The van der Waals surface area contributed by atoms with Gasteiger partial charge < -0.3 is 4.84 Å². The number of pyridine rings is 1. The van der Waals surface area contributed by atoms with E-state index < -0.39 is 5.97 Å². The Balaban J connectivity index is 2.04. The molecule has 0 atom stereocenters. The molecule has 96 valence electrons. The summed E-state index contributed by atoms with van der Waals surface area (Å²) < 4.78 is 0. The zero-order valence-electron chi connectivity index (χ0n) is 9.59. The van der Waals surface area contributed by atoms with Crippen LogP contribution in [0.1, 0.15) is 15.9 Å². The second kappa shape index (κ2) is 6.31. The van der Waals surface area contributed by atoms with E-state index in [0.717, 1.165) is 5.56 Å². The maximum Gasteiger partial charge on any atom is 0.367 e. The van der Waals surface area contributed by atoms with E-state index >= 15 is 0 Å². The van der Waals surface area contributed by atoms with Gasteiger partial charge in [0.05, 0.1) is 16.8 Å². The van der Waals surface area contributed by atoms with E-state index in [4.69, 9.17) is 28.0 Å². The monoisotopic (exact) mass is 294 g/mol. The first-order chi connectivity index (χ1) is 9.16. The summed E-state index contributed by atoms with van der Waals surface area (Å²) in [4.78, 5) is 20.3. The summed E-state index contributed by atoms with van der Waals surface area (Å²) in [6.45, 7) is 0. The van der Waals surface area contributed by atoms with Crippen LogP contribution in [0, 0.1) is 0 Å². The van der Waals surface area contributed by atoms with Gasteiger partial charge in [0, 0.05) is 23.0 Å². The van der Waals surface area contributed by atoms with Crippen LogP contribution < -0.4 is 0 Å². The molecule has 0 fully saturated rings. The van der Waals surface area contributed by atoms with Gasteiger partial charge in [-0.3, -0.25) is 4.98 Å². The fourth-order valence-corrected chi connectivity index (χ4v) is 1.78. The molecule has 0 N–H and O–H groups in total. The minimum atomic E-state index is -0.651. The van der Waals surface area contributed by atoms with Crippen molar-refractivity contribution < 1.29 is 9.63 Å². The van der Waals surface area contributed by atoms with Crippen molar-refractivity contribution in [2.24, 2.45) is 5.16 Å². The number of nitrogens with zero attached hydrogens (tertiary/aromatic N) is 2. The molecule has 2 rings (SSSR count). The van der Waals surface area contributed by atoms with Gasteiger partial charge >= 0.3 is 5.97 Å². The third-order valence-electron chi connectivity index (χ3n) is 2.17. The predicted molar refractivity (Wildman–Crippen MR) is 73.7 cm³/mol. The van der Waals surface area contributed by atoms with Crippen LogP contribution in [0.3, 0.4) is 0 Å². The van der Waals surface area contributed by atoms with Gasteiger partial charge in [0.2, 0.25) is 0 Å². The van der Waals surface area contributed by atoms with E-state index in [1.165, 1.54) is 18.3 Å². The van der Waals surface area contributed by atoms with Crippen LogP contribution in [-0.2, 0) is 4.84 Å². The number of oxime groups is 1. The highest BCUT2D eigenvalue weighted by Crippen LogP contribution is 2.21. The summed E-state index contributed by atoms with van der Waals surface area (Å²) in [6, 6.07) is 8.02. The summed E-state index contributed by atoms with van der Waals surface area (Å²) in [5, 5.41) is 4.24. The minimum Gasteiger partial charge on any atom is -0.313 e. The van der Waals surface area contributed by atoms with Gasteiger partial charge in [-0.1, -0.05) is 34.4 Å². The number of rotatable bonds is 3. The number of hydrogen-bond acceptors (Lipinski definition) is 4. The molecule has 0 radical (unpaired) electrons. The lowest BCUT2D eigenvalue weighted by molar-refractivity contribution is 0.0519. The van der Waals surface area contributed by atoms with Gasteiger partial charge in [-0.05, 0) is 24.3 Å². The van der Waals surface area contributed by atoms with Crippen LogP contribution >= 0.6 is 23.2 Å². The van der Waals surface area contributed by atoms with Crippen molar-refractivity contribution in [2.75, 3.05) is 0 Å². The van der Waals surface area contributed by atoms with Crippen LogP contribution in [0.4, 0.5) is 0 Å². The molecular formula is C13H8Cl2N2O2. The highest BCUT2D eigenvalue weighted by atomic mass is 35.5. The molecule has 4 nitrogen and oxygen atoms in total. The molecule has 0 aliphatic carbocycles. The van der Waals surface area contributed by atoms with Crippen molar-refractivity contribution in [3.05, 3.63) is 63.9 Å². The largest absolute Gasteiger partial charge is 0.367 e. The number of benzene rings is 1. The Morgan fingerprint density at radius 3 is 2.84 bits per heavy atom. The molecule has 0 saturated carbocycles. The van der Waals surface area contributed by atoms with Crippen molar-refractivity contribution in [2.45, 2.75) is 0 Å². The lowest BCUT2D eigenvalue weighted by Gasteiger charge is -2.01. The lowest BCUT2D eigenvalue weighted by atomic mass is 10.2. The molecule has 0 unspecified atom stereocenters. The van der Waals surface area contributed by atoms with Gasteiger partial charge in [-0.2, -0.15) is 0 Å². The number of hydrogen-bond donors (Lipinski definition) is 0. The fourth-order valence-electron chi connectivity index (χ4n) is 1.29. The Labute approximate surface area is 119 Å². The summed E-state index contributed by atoms with van der Waals surface area (Å²) in [5.41, 5.74) is 0.923. The predicted octanol–water partition coefficient (Wildman–Crippen LogP) is 3.58. The van der Waals surface area contributed by atoms with Crippen molar-refractivity contribution >= 4 is 35.4 Å². The van der Waals surface area contributed by atoms with Crippen LogP contribution in [0.15, 0.2) is 47.9 Å². The van der Waals surface area contributed by atoms with Gasteiger partial charge in [0.15, 0.2) is 0 Å². The first kappa shape index (κ1) is 13.5. The Bertz CT molecular complexity index is 615. The van der Waals surface area contributed by atoms with E-state index in [1.54, 1.807) is 30.6 Å². The molecule has 1 heterocycles. The van der Waals surface area contributed by atoms with Crippen molar-refractivity contribution in [3.63, 3.8) is 0 Å². The molecule has 19 heavy (non-hydrogen) atoms. The standard InChI is InChI=1S/C13H8Cl2N2O2/c14-10-3-4-11(12(15)6-10)13(18)19-17-8-9-2-1-5-16-7-9/h1-8H/b17-8+. The summed E-state index contributed by atoms with van der Waals surface area (Å²) in [7, 11) is 0. The molecular weight excluding hydrogens is 287 g/mol. The van der Waals surface area contributed by atoms with E-state index in [-0.39, 0.29) is 10.6 Å². The molecule has 0 aliphatic rings. The molecule has 0 spiro atoms. The average Bonchev–Trinajstić information content (AvgIpc) is 2.39.